The highest BCUT2D eigenvalue weighted by molar-refractivity contribution is 14.0. The van der Waals surface area contributed by atoms with Crippen LogP contribution in [0.2, 0.25) is 0 Å². The standard InChI is InChI=1S/C21H37N.HI/c1-4-5-6-7-8-9-10-11-12-16-19-22-21(2,3)20-17-14-13-15-18-20;/h13-15,17-18,22H,4-12,16,19H2,1-3H3;1H. The van der Waals surface area contributed by atoms with Crippen molar-refractivity contribution < 1.29 is 0 Å². The molecule has 0 aromatic heterocycles. The molecular formula is C21H38IN. The van der Waals surface area contributed by atoms with Crippen LogP contribution in [0.1, 0.15) is 90.5 Å². The lowest BCUT2D eigenvalue weighted by molar-refractivity contribution is 0.394. The number of nitrogens with one attached hydrogen (secondary N) is 1. The van der Waals surface area contributed by atoms with Crippen molar-refractivity contribution in [2.24, 2.45) is 0 Å². The number of rotatable bonds is 13. The normalized spacial score (nSPS) is 11.3. The van der Waals surface area contributed by atoms with Gasteiger partial charge < -0.3 is 5.32 Å². The summed E-state index contributed by atoms with van der Waals surface area (Å²) < 4.78 is 0. The van der Waals surface area contributed by atoms with Gasteiger partial charge in [0.2, 0.25) is 0 Å². The molecule has 0 saturated carbocycles. The van der Waals surface area contributed by atoms with E-state index in [9.17, 15) is 0 Å². The summed E-state index contributed by atoms with van der Waals surface area (Å²) in [4.78, 5) is 0. The predicted molar refractivity (Wildman–Crippen MR) is 115 cm³/mol. The fourth-order valence-electron chi connectivity index (χ4n) is 2.97. The minimum absolute atomic E-state index is 0. The highest BCUT2D eigenvalue weighted by atomic mass is 127. The maximum Gasteiger partial charge on any atom is 0.0377 e. The van der Waals surface area contributed by atoms with Gasteiger partial charge in [0, 0.05) is 5.54 Å². The Morgan fingerprint density at radius 3 is 1.74 bits per heavy atom. The highest BCUT2D eigenvalue weighted by Gasteiger charge is 2.18. The summed E-state index contributed by atoms with van der Waals surface area (Å²) in [6.45, 7) is 7.96. The maximum atomic E-state index is 3.70. The van der Waals surface area contributed by atoms with Crippen LogP contribution in [0.5, 0.6) is 0 Å². The molecule has 134 valence electrons. The van der Waals surface area contributed by atoms with Crippen LogP contribution < -0.4 is 5.32 Å². The summed E-state index contributed by atoms with van der Waals surface area (Å²) >= 11 is 0. The van der Waals surface area contributed by atoms with Crippen molar-refractivity contribution in [2.75, 3.05) is 6.54 Å². The van der Waals surface area contributed by atoms with E-state index < -0.39 is 0 Å². The van der Waals surface area contributed by atoms with Gasteiger partial charge in [-0.05, 0) is 32.4 Å². The molecule has 0 aliphatic rings. The van der Waals surface area contributed by atoms with E-state index in [0.29, 0.717) is 0 Å². The highest BCUT2D eigenvalue weighted by Crippen LogP contribution is 2.19. The summed E-state index contributed by atoms with van der Waals surface area (Å²) in [5, 5.41) is 3.70. The topological polar surface area (TPSA) is 12.0 Å². The molecule has 0 aliphatic carbocycles. The van der Waals surface area contributed by atoms with Crippen LogP contribution in [-0.2, 0) is 5.54 Å². The Balaban J connectivity index is 0.00000484. The molecule has 2 heteroatoms. The van der Waals surface area contributed by atoms with Gasteiger partial charge in [-0.2, -0.15) is 0 Å². The molecule has 0 unspecified atom stereocenters. The van der Waals surface area contributed by atoms with Gasteiger partial charge in [0.15, 0.2) is 0 Å². The number of unbranched alkanes of at least 4 members (excludes halogenated alkanes) is 9. The Bertz CT molecular complexity index is 361. The van der Waals surface area contributed by atoms with Crippen LogP contribution in [-0.4, -0.2) is 6.54 Å². The Labute approximate surface area is 162 Å². The number of hydrogen-bond acceptors (Lipinski definition) is 1. The molecule has 0 spiro atoms. The molecule has 0 bridgehead atoms. The molecule has 0 fully saturated rings. The van der Waals surface area contributed by atoms with Crippen molar-refractivity contribution in [3.05, 3.63) is 35.9 Å². The van der Waals surface area contributed by atoms with Gasteiger partial charge in [-0.15, -0.1) is 24.0 Å². The van der Waals surface area contributed by atoms with Crippen molar-refractivity contribution in [1.82, 2.24) is 5.32 Å². The molecule has 0 atom stereocenters. The minimum atomic E-state index is 0. The van der Waals surface area contributed by atoms with Gasteiger partial charge in [-0.1, -0.05) is 95.0 Å². The number of benzene rings is 1. The van der Waals surface area contributed by atoms with Crippen molar-refractivity contribution >= 4 is 24.0 Å². The largest absolute Gasteiger partial charge is 0.308 e. The molecule has 1 aromatic rings. The average Bonchev–Trinajstić information content (AvgIpc) is 2.53. The summed E-state index contributed by atoms with van der Waals surface area (Å²) in [7, 11) is 0. The quantitative estimate of drug-likeness (QED) is 0.261. The Hall–Kier alpha value is -0.0900. The zero-order chi connectivity index (χ0) is 16.1. The van der Waals surface area contributed by atoms with E-state index in [1.54, 1.807) is 0 Å². The molecule has 0 heterocycles. The molecule has 0 radical (unpaired) electrons. The monoisotopic (exact) mass is 431 g/mol. The van der Waals surface area contributed by atoms with Crippen molar-refractivity contribution in [1.29, 1.82) is 0 Å². The molecule has 1 nitrogen and oxygen atoms in total. The Morgan fingerprint density at radius 1 is 0.739 bits per heavy atom. The van der Waals surface area contributed by atoms with Gasteiger partial charge >= 0.3 is 0 Å². The third kappa shape index (κ3) is 11.1. The first kappa shape index (κ1) is 22.9. The molecule has 1 N–H and O–H groups in total. The van der Waals surface area contributed by atoms with Crippen LogP contribution in [0.3, 0.4) is 0 Å². The van der Waals surface area contributed by atoms with E-state index in [1.807, 2.05) is 0 Å². The lowest BCUT2D eigenvalue weighted by Crippen LogP contribution is -2.37. The molecule has 0 aliphatic heterocycles. The van der Waals surface area contributed by atoms with Crippen molar-refractivity contribution in [3.63, 3.8) is 0 Å². The fourth-order valence-corrected chi connectivity index (χ4v) is 2.97. The van der Waals surface area contributed by atoms with Crippen LogP contribution >= 0.6 is 24.0 Å². The van der Waals surface area contributed by atoms with E-state index in [4.69, 9.17) is 0 Å². The first-order valence-corrected chi connectivity index (χ1v) is 9.47. The third-order valence-electron chi connectivity index (χ3n) is 4.59. The molecular weight excluding hydrogens is 393 g/mol. The zero-order valence-corrected chi connectivity index (χ0v) is 17.9. The van der Waals surface area contributed by atoms with Crippen LogP contribution in [0.25, 0.3) is 0 Å². The lowest BCUT2D eigenvalue weighted by atomic mass is 9.94. The Morgan fingerprint density at radius 2 is 1.22 bits per heavy atom. The SMILES string of the molecule is CCCCCCCCCCCCNC(C)(C)c1ccccc1.I. The van der Waals surface area contributed by atoms with E-state index >= 15 is 0 Å². The number of halogens is 1. The van der Waals surface area contributed by atoms with Gasteiger partial charge in [-0.3, -0.25) is 0 Å². The maximum absolute atomic E-state index is 3.70. The van der Waals surface area contributed by atoms with E-state index in [1.165, 1.54) is 69.8 Å². The minimum Gasteiger partial charge on any atom is -0.308 e. The zero-order valence-electron chi connectivity index (χ0n) is 15.6. The second-order valence-electron chi connectivity index (χ2n) is 7.10. The van der Waals surface area contributed by atoms with Crippen LogP contribution in [0.4, 0.5) is 0 Å². The molecule has 0 amide bonds. The first-order chi connectivity index (χ1) is 10.7. The first-order valence-electron chi connectivity index (χ1n) is 9.47. The van der Waals surface area contributed by atoms with E-state index in [2.05, 4.69) is 56.4 Å². The van der Waals surface area contributed by atoms with Crippen molar-refractivity contribution in [2.45, 2.75) is 90.5 Å². The molecule has 1 rings (SSSR count). The molecule has 23 heavy (non-hydrogen) atoms. The fraction of sp³-hybridized carbons (Fsp3) is 0.714. The number of hydrogen-bond donors (Lipinski definition) is 1. The van der Waals surface area contributed by atoms with Crippen molar-refractivity contribution in [3.8, 4) is 0 Å². The van der Waals surface area contributed by atoms with E-state index in [-0.39, 0.29) is 29.5 Å². The lowest BCUT2D eigenvalue weighted by Gasteiger charge is -2.27. The van der Waals surface area contributed by atoms with Gasteiger partial charge in [0.1, 0.15) is 0 Å². The second-order valence-corrected chi connectivity index (χ2v) is 7.10. The molecule has 1 aromatic carbocycles. The Kier molecular flexibility index (Phi) is 14.2. The summed E-state index contributed by atoms with van der Waals surface area (Å²) in [5.41, 5.74) is 1.46. The van der Waals surface area contributed by atoms with Gasteiger partial charge in [0.25, 0.3) is 0 Å². The summed E-state index contributed by atoms with van der Waals surface area (Å²) in [5.74, 6) is 0. The smallest absolute Gasteiger partial charge is 0.0377 e. The van der Waals surface area contributed by atoms with Crippen LogP contribution in [0.15, 0.2) is 30.3 Å². The average molecular weight is 431 g/mol. The summed E-state index contributed by atoms with van der Waals surface area (Å²) in [6, 6.07) is 10.8. The van der Waals surface area contributed by atoms with E-state index in [0.717, 1.165) is 6.54 Å². The summed E-state index contributed by atoms with van der Waals surface area (Å²) in [6.07, 6.45) is 14.0. The third-order valence-corrected chi connectivity index (χ3v) is 4.59. The molecule has 0 saturated heterocycles. The van der Waals surface area contributed by atoms with Gasteiger partial charge in [0.05, 0.1) is 0 Å². The predicted octanol–water partition coefficient (Wildman–Crippen LogP) is 7.05. The van der Waals surface area contributed by atoms with Gasteiger partial charge in [-0.25, -0.2) is 0 Å². The second kappa shape index (κ2) is 14.3. The van der Waals surface area contributed by atoms with Crippen LogP contribution in [0, 0.1) is 0 Å².